The van der Waals surface area contributed by atoms with E-state index < -0.39 is 0 Å². The predicted molar refractivity (Wildman–Crippen MR) is 124 cm³/mol. The Morgan fingerprint density at radius 3 is 2.00 bits per heavy atom. The summed E-state index contributed by atoms with van der Waals surface area (Å²) in [4.78, 5) is 5.00. The van der Waals surface area contributed by atoms with E-state index in [2.05, 4.69) is 83.3 Å². The topological polar surface area (TPSA) is 6.48 Å². The Hall–Kier alpha value is -0.791. The Bertz CT molecular complexity index is 942. The summed E-state index contributed by atoms with van der Waals surface area (Å²) >= 11 is 0. The van der Waals surface area contributed by atoms with E-state index in [0.29, 0.717) is 0 Å². The van der Waals surface area contributed by atoms with Crippen molar-refractivity contribution in [2.75, 3.05) is 11.9 Å². The smallest absolute Gasteiger partial charge is 0.00845 e. The van der Waals surface area contributed by atoms with Crippen LogP contribution in [0.15, 0.2) is 23.5 Å². The molecule has 171 valence electrons. The maximum Gasteiger partial charge on any atom is 0.00845 e. The van der Waals surface area contributed by atoms with Gasteiger partial charge in [0.15, 0.2) is 0 Å². The van der Waals surface area contributed by atoms with Gasteiger partial charge in [0.05, 0.1) is 0 Å². The van der Waals surface area contributed by atoms with Crippen LogP contribution in [0, 0.1) is 41.8 Å². The number of anilines is 1. The number of rotatable bonds is 1. The number of hydrogen-bond donors (Lipinski definition) is 0. The molecule has 6 aliphatic rings. The van der Waals surface area contributed by atoms with Gasteiger partial charge in [-0.25, -0.2) is 0 Å². The van der Waals surface area contributed by atoms with Gasteiger partial charge < -0.3 is 9.80 Å². The van der Waals surface area contributed by atoms with Gasteiger partial charge in [0.1, 0.15) is 0 Å². The largest absolute Gasteiger partial charge is 0.507 e. The quantitative estimate of drug-likeness (QED) is 0.338. The van der Waals surface area contributed by atoms with Crippen LogP contribution < -0.4 is 4.90 Å². The van der Waals surface area contributed by atoms with Crippen molar-refractivity contribution in [2.45, 2.75) is 84.5 Å². The van der Waals surface area contributed by atoms with Crippen LogP contribution in [0.4, 0.5) is 5.69 Å². The summed E-state index contributed by atoms with van der Waals surface area (Å²) in [7, 11) is 2.28. The van der Waals surface area contributed by atoms with Crippen LogP contribution in [-0.2, 0) is 30.9 Å². The number of hydrogen-bond acceptors (Lipinski definition) is 2. The van der Waals surface area contributed by atoms with E-state index in [9.17, 15) is 0 Å². The van der Waals surface area contributed by atoms with Crippen LogP contribution in [0.1, 0.15) is 84.8 Å². The molecule has 1 aliphatic heterocycles. The van der Waals surface area contributed by atoms with Gasteiger partial charge in [0, 0.05) is 31.5 Å². The zero-order valence-corrected chi connectivity index (χ0v) is 22.7. The van der Waals surface area contributed by atoms with E-state index >= 15 is 0 Å². The Balaban J connectivity index is 0.00000204. The SMILES string of the molecule is CN1[CH-]N(c2[c-]cc3c(c2)C(C)(C)C(C)(C)C3(C)C)C2=C1C1CC3CC(C1)CC2C3.[Ir]. The summed E-state index contributed by atoms with van der Waals surface area (Å²) in [5.41, 5.74) is 8.02. The maximum atomic E-state index is 3.75. The van der Waals surface area contributed by atoms with E-state index in [1.165, 1.54) is 48.9 Å². The fraction of sp³-hybridized carbons (Fsp3) is 0.679. The van der Waals surface area contributed by atoms with E-state index in [1.54, 1.807) is 11.4 Å². The summed E-state index contributed by atoms with van der Waals surface area (Å²) in [6.07, 6.45) is 7.13. The van der Waals surface area contributed by atoms with Crippen LogP contribution >= 0.6 is 0 Å². The molecule has 1 radical (unpaired) electrons. The molecule has 0 amide bonds. The minimum absolute atomic E-state index is 0. The van der Waals surface area contributed by atoms with E-state index in [1.807, 2.05) is 0 Å². The van der Waals surface area contributed by atoms with Crippen molar-refractivity contribution in [1.29, 1.82) is 0 Å². The normalized spacial score (nSPS) is 35.7. The molecule has 7 rings (SSSR count). The third-order valence-corrected chi connectivity index (χ3v) is 10.8. The molecule has 3 heteroatoms. The van der Waals surface area contributed by atoms with Gasteiger partial charge in [-0.3, -0.25) is 0 Å². The zero-order valence-electron chi connectivity index (χ0n) is 20.3. The zero-order chi connectivity index (χ0) is 21.2. The van der Waals surface area contributed by atoms with Gasteiger partial charge in [-0.2, -0.15) is 18.8 Å². The van der Waals surface area contributed by atoms with Gasteiger partial charge in [-0.15, -0.1) is 22.9 Å². The van der Waals surface area contributed by atoms with E-state index in [4.69, 9.17) is 0 Å². The number of benzene rings is 1. The molecule has 1 heterocycles. The standard InChI is InChI=1S/C28H38N2.Ir/c1-26(2)22-9-8-21(15-23(22)27(3,4)28(26,5)6)30-16-29(7)24-19-11-17-10-18(12-19)14-20(13-17)25(24)30;/h9,15-20H,10-14H2,1-7H3;/q-2;. The third-order valence-electron chi connectivity index (χ3n) is 10.8. The van der Waals surface area contributed by atoms with E-state index in [-0.39, 0.29) is 36.4 Å². The predicted octanol–water partition coefficient (Wildman–Crippen LogP) is 6.62. The Labute approximate surface area is 203 Å². The fourth-order valence-corrected chi connectivity index (χ4v) is 8.10. The fourth-order valence-electron chi connectivity index (χ4n) is 8.10. The molecule has 0 saturated heterocycles. The Morgan fingerprint density at radius 2 is 1.39 bits per heavy atom. The second-order valence-corrected chi connectivity index (χ2v) is 12.7. The number of nitrogens with zero attached hydrogens (tertiary/aromatic N) is 2. The molecule has 1 aromatic rings. The first kappa shape index (κ1) is 22.0. The average molecular weight is 595 g/mol. The van der Waals surface area contributed by atoms with Crippen LogP contribution in [0.5, 0.6) is 0 Å². The van der Waals surface area contributed by atoms with Crippen molar-refractivity contribution < 1.29 is 20.1 Å². The third kappa shape index (κ3) is 2.66. The molecular formula is C28H38IrN2-2. The summed E-state index contributed by atoms with van der Waals surface area (Å²) in [6, 6.07) is 8.57. The van der Waals surface area contributed by atoms with Crippen molar-refractivity contribution in [3.05, 3.63) is 47.4 Å². The van der Waals surface area contributed by atoms with Gasteiger partial charge in [-0.1, -0.05) is 41.5 Å². The maximum absolute atomic E-state index is 3.75. The second-order valence-electron chi connectivity index (χ2n) is 12.7. The summed E-state index contributed by atoms with van der Waals surface area (Å²) in [5, 5.41) is 0. The van der Waals surface area contributed by atoms with Crippen LogP contribution in [0.2, 0.25) is 0 Å². The monoisotopic (exact) mass is 595 g/mol. The molecule has 4 bridgehead atoms. The molecule has 2 nitrogen and oxygen atoms in total. The van der Waals surface area contributed by atoms with Crippen molar-refractivity contribution in [3.63, 3.8) is 0 Å². The molecule has 2 fully saturated rings. The Kier molecular flexibility index (Phi) is 4.71. The first-order valence-electron chi connectivity index (χ1n) is 12.2. The first-order valence-corrected chi connectivity index (χ1v) is 12.2. The van der Waals surface area contributed by atoms with Crippen molar-refractivity contribution in [2.24, 2.45) is 29.1 Å². The van der Waals surface area contributed by atoms with Crippen molar-refractivity contribution in [1.82, 2.24) is 4.90 Å². The molecule has 0 spiro atoms. The summed E-state index contributed by atoms with van der Waals surface area (Å²) in [5.74, 6) is 3.42. The molecule has 0 N–H and O–H groups in total. The first-order chi connectivity index (χ1) is 14.0. The van der Waals surface area contributed by atoms with Crippen molar-refractivity contribution in [3.8, 4) is 0 Å². The average Bonchev–Trinajstić information content (AvgIpc) is 2.98. The molecule has 1 aromatic carbocycles. The Morgan fingerprint density at radius 1 is 0.839 bits per heavy atom. The number of fused-ring (bicyclic) bond motifs is 1. The van der Waals surface area contributed by atoms with Gasteiger partial charge in [0.2, 0.25) is 0 Å². The molecule has 5 aliphatic carbocycles. The molecular weight excluding hydrogens is 557 g/mol. The number of allylic oxidation sites excluding steroid dienone is 2. The van der Waals surface area contributed by atoms with Gasteiger partial charge >= 0.3 is 0 Å². The molecule has 2 saturated carbocycles. The molecule has 0 aromatic heterocycles. The summed E-state index contributed by atoms with van der Waals surface area (Å²) in [6.45, 7) is 17.0. The van der Waals surface area contributed by atoms with Crippen LogP contribution in [0.25, 0.3) is 0 Å². The van der Waals surface area contributed by atoms with E-state index in [0.717, 1.165) is 23.7 Å². The molecule has 2 unspecified atom stereocenters. The van der Waals surface area contributed by atoms with Crippen LogP contribution in [-0.4, -0.2) is 11.9 Å². The van der Waals surface area contributed by atoms with Crippen molar-refractivity contribution >= 4 is 5.69 Å². The molecule has 31 heavy (non-hydrogen) atoms. The second kappa shape index (κ2) is 6.63. The van der Waals surface area contributed by atoms with Gasteiger partial charge in [0.25, 0.3) is 0 Å². The van der Waals surface area contributed by atoms with Gasteiger partial charge in [-0.05, 0) is 79.1 Å². The minimum Gasteiger partial charge on any atom is -0.507 e. The summed E-state index contributed by atoms with van der Waals surface area (Å²) < 4.78 is 0. The molecule has 2 atom stereocenters. The minimum atomic E-state index is 0. The van der Waals surface area contributed by atoms with Crippen LogP contribution in [0.3, 0.4) is 0 Å².